The van der Waals surface area contributed by atoms with Gasteiger partial charge >= 0.3 is 0 Å². The second-order valence-electron chi connectivity index (χ2n) is 4.44. The van der Waals surface area contributed by atoms with Gasteiger partial charge in [-0.2, -0.15) is 0 Å². The Morgan fingerprint density at radius 1 is 1.26 bits per heavy atom. The first-order valence-corrected chi connectivity index (χ1v) is 7.94. The maximum atomic E-state index is 6.17. The predicted octanol–water partition coefficient (Wildman–Crippen LogP) is 5.15. The normalized spacial score (nSPS) is 12.2. The number of rotatable bonds is 7. The molecule has 1 aromatic rings. The van der Waals surface area contributed by atoms with Crippen LogP contribution in [0.3, 0.4) is 0 Å². The van der Waals surface area contributed by atoms with Crippen LogP contribution in [0.15, 0.2) is 51.2 Å². The third kappa shape index (κ3) is 5.37. The Morgan fingerprint density at radius 3 is 2.53 bits per heavy atom. The van der Waals surface area contributed by atoms with Gasteiger partial charge < -0.3 is 5.73 Å². The average molecular weight is 294 g/mol. The van der Waals surface area contributed by atoms with Crippen molar-refractivity contribution in [3.63, 3.8) is 0 Å². The quantitative estimate of drug-likeness (QED) is 0.680. The van der Waals surface area contributed by atoms with Crippen molar-refractivity contribution in [2.75, 3.05) is 0 Å². The summed E-state index contributed by atoms with van der Waals surface area (Å²) in [5.41, 5.74) is 8.77. The standard InChI is InChI=1S/C16H23NS2/c1-4-12(3)19-16(17)13(5-2)10-11-14-8-6-7-9-15(14)18/h6-9,18H,3-5,10-11,17H2,1-2H3/b16-13+. The number of hydrogen-bond donors (Lipinski definition) is 2. The van der Waals surface area contributed by atoms with Gasteiger partial charge in [0.2, 0.25) is 0 Å². The number of thioether (sulfide) groups is 1. The first-order valence-electron chi connectivity index (χ1n) is 6.68. The molecule has 0 amide bonds. The fourth-order valence-electron chi connectivity index (χ4n) is 1.78. The highest BCUT2D eigenvalue weighted by Crippen LogP contribution is 2.28. The van der Waals surface area contributed by atoms with Gasteiger partial charge in [-0.3, -0.25) is 0 Å². The Kier molecular flexibility index (Phi) is 7.17. The van der Waals surface area contributed by atoms with Gasteiger partial charge in [0.25, 0.3) is 0 Å². The molecule has 1 nitrogen and oxygen atoms in total. The van der Waals surface area contributed by atoms with Crippen molar-refractivity contribution < 1.29 is 0 Å². The average Bonchev–Trinajstić information content (AvgIpc) is 2.41. The Balaban J connectivity index is 2.69. The first kappa shape index (κ1) is 16.3. The summed E-state index contributed by atoms with van der Waals surface area (Å²) < 4.78 is 0. The highest BCUT2D eigenvalue weighted by molar-refractivity contribution is 8.06. The molecule has 0 spiro atoms. The van der Waals surface area contributed by atoms with Crippen LogP contribution in [-0.2, 0) is 6.42 Å². The molecule has 0 aliphatic heterocycles. The van der Waals surface area contributed by atoms with E-state index in [1.54, 1.807) is 11.8 Å². The van der Waals surface area contributed by atoms with Gasteiger partial charge in [0.05, 0.1) is 5.03 Å². The Hall–Kier alpha value is -0.800. The molecule has 0 saturated carbocycles. The number of allylic oxidation sites excluding steroid dienone is 2. The lowest BCUT2D eigenvalue weighted by molar-refractivity contribution is 0.863. The molecule has 0 aromatic heterocycles. The maximum Gasteiger partial charge on any atom is 0.0692 e. The Labute approximate surface area is 126 Å². The zero-order chi connectivity index (χ0) is 14.3. The molecule has 0 radical (unpaired) electrons. The second kappa shape index (κ2) is 8.39. The van der Waals surface area contributed by atoms with E-state index in [2.05, 4.69) is 45.2 Å². The van der Waals surface area contributed by atoms with Crippen molar-refractivity contribution in [1.82, 2.24) is 0 Å². The minimum absolute atomic E-state index is 0.922. The summed E-state index contributed by atoms with van der Waals surface area (Å²) >= 11 is 6.10. The van der Waals surface area contributed by atoms with E-state index in [9.17, 15) is 0 Å². The van der Waals surface area contributed by atoms with Gasteiger partial charge in [0.15, 0.2) is 0 Å². The van der Waals surface area contributed by atoms with Crippen LogP contribution in [0.5, 0.6) is 0 Å². The SMILES string of the molecule is C=C(CC)S/C(N)=C(\CC)CCc1ccccc1S. The van der Waals surface area contributed by atoms with Crippen molar-refractivity contribution in [3.8, 4) is 0 Å². The van der Waals surface area contributed by atoms with Crippen molar-refractivity contribution >= 4 is 24.4 Å². The summed E-state index contributed by atoms with van der Waals surface area (Å²) in [7, 11) is 0. The fraction of sp³-hybridized carbons (Fsp3) is 0.375. The highest BCUT2D eigenvalue weighted by atomic mass is 32.2. The summed E-state index contributed by atoms with van der Waals surface area (Å²) in [5, 5.41) is 0.922. The number of nitrogens with two attached hydrogens (primary N) is 1. The van der Waals surface area contributed by atoms with Gasteiger partial charge in [0, 0.05) is 4.90 Å². The lowest BCUT2D eigenvalue weighted by atomic mass is 10.0. The summed E-state index contributed by atoms with van der Waals surface area (Å²) in [6.45, 7) is 8.26. The molecular weight excluding hydrogens is 270 g/mol. The highest BCUT2D eigenvalue weighted by Gasteiger charge is 2.06. The molecule has 1 aromatic carbocycles. The van der Waals surface area contributed by atoms with Gasteiger partial charge in [0.1, 0.15) is 0 Å². The summed E-state index contributed by atoms with van der Waals surface area (Å²) in [6, 6.07) is 8.23. The van der Waals surface area contributed by atoms with Crippen molar-refractivity contribution in [2.45, 2.75) is 44.4 Å². The van der Waals surface area contributed by atoms with Crippen LogP contribution in [0.2, 0.25) is 0 Å². The molecule has 0 heterocycles. The van der Waals surface area contributed by atoms with Crippen molar-refractivity contribution in [3.05, 3.63) is 51.9 Å². The van der Waals surface area contributed by atoms with E-state index in [0.29, 0.717) is 0 Å². The van der Waals surface area contributed by atoms with Gasteiger partial charge in [-0.15, -0.1) is 12.6 Å². The van der Waals surface area contributed by atoms with E-state index in [1.165, 1.54) is 11.1 Å². The number of hydrogen-bond acceptors (Lipinski definition) is 3. The summed E-state index contributed by atoms with van der Waals surface area (Å²) in [4.78, 5) is 2.18. The van der Waals surface area contributed by atoms with Crippen LogP contribution in [0.25, 0.3) is 0 Å². The zero-order valence-electron chi connectivity index (χ0n) is 11.8. The van der Waals surface area contributed by atoms with E-state index in [0.717, 1.165) is 40.5 Å². The summed E-state index contributed by atoms with van der Waals surface area (Å²) in [6.07, 6.45) is 3.93. The lowest BCUT2D eigenvalue weighted by Gasteiger charge is -2.11. The van der Waals surface area contributed by atoms with E-state index in [-0.39, 0.29) is 0 Å². The van der Waals surface area contributed by atoms with E-state index in [4.69, 9.17) is 5.73 Å². The monoisotopic (exact) mass is 293 g/mol. The van der Waals surface area contributed by atoms with Crippen molar-refractivity contribution in [2.24, 2.45) is 5.73 Å². The molecule has 0 bridgehead atoms. The van der Waals surface area contributed by atoms with Crippen LogP contribution >= 0.6 is 24.4 Å². The first-order chi connectivity index (χ1) is 9.08. The molecule has 0 fully saturated rings. The van der Waals surface area contributed by atoms with E-state index in [1.807, 2.05) is 12.1 Å². The smallest absolute Gasteiger partial charge is 0.0692 e. The molecule has 2 N–H and O–H groups in total. The Morgan fingerprint density at radius 2 is 1.95 bits per heavy atom. The van der Waals surface area contributed by atoms with Crippen LogP contribution in [-0.4, -0.2) is 0 Å². The molecular formula is C16H23NS2. The predicted molar refractivity (Wildman–Crippen MR) is 90.5 cm³/mol. The van der Waals surface area contributed by atoms with Gasteiger partial charge in [-0.1, -0.05) is 50.4 Å². The minimum atomic E-state index is 0.922. The van der Waals surface area contributed by atoms with Gasteiger partial charge in [-0.25, -0.2) is 0 Å². The van der Waals surface area contributed by atoms with Crippen LogP contribution in [0, 0.1) is 0 Å². The molecule has 3 heteroatoms. The molecule has 0 atom stereocenters. The Bertz CT molecular complexity index is 464. The van der Waals surface area contributed by atoms with E-state index < -0.39 is 0 Å². The largest absolute Gasteiger partial charge is 0.393 e. The maximum absolute atomic E-state index is 6.17. The third-order valence-electron chi connectivity index (χ3n) is 3.11. The second-order valence-corrected chi connectivity index (χ2v) is 6.15. The number of benzene rings is 1. The van der Waals surface area contributed by atoms with E-state index >= 15 is 0 Å². The number of aryl methyl sites for hydroxylation is 1. The summed E-state index contributed by atoms with van der Waals surface area (Å²) in [5.74, 6) is 0. The molecule has 19 heavy (non-hydrogen) atoms. The lowest BCUT2D eigenvalue weighted by Crippen LogP contribution is -2.01. The molecule has 0 aliphatic rings. The molecule has 1 rings (SSSR count). The molecule has 104 valence electrons. The minimum Gasteiger partial charge on any atom is -0.393 e. The molecule has 0 aliphatic carbocycles. The topological polar surface area (TPSA) is 26.0 Å². The number of thiol groups is 1. The fourth-order valence-corrected chi connectivity index (χ4v) is 2.90. The van der Waals surface area contributed by atoms with Crippen LogP contribution in [0.4, 0.5) is 0 Å². The van der Waals surface area contributed by atoms with Crippen molar-refractivity contribution in [1.29, 1.82) is 0 Å². The van der Waals surface area contributed by atoms with Crippen LogP contribution < -0.4 is 5.73 Å². The van der Waals surface area contributed by atoms with Crippen LogP contribution in [0.1, 0.15) is 38.7 Å². The molecule has 0 unspecified atom stereocenters. The molecule has 0 saturated heterocycles. The third-order valence-corrected chi connectivity index (χ3v) is 4.63. The zero-order valence-corrected chi connectivity index (χ0v) is 13.5. The van der Waals surface area contributed by atoms with Gasteiger partial charge in [-0.05, 0) is 47.8 Å².